The van der Waals surface area contributed by atoms with Crippen molar-refractivity contribution in [3.05, 3.63) is 40.9 Å². The van der Waals surface area contributed by atoms with Crippen LogP contribution in [0.1, 0.15) is 30.1 Å². The average molecular weight is 263 g/mol. The molecule has 1 atom stereocenters. The standard InChI is InChI=1S/C13H15ClN4/c1-18-13-4-2-3-11(9(13)7-16-18)17-12-8-15-6-5-10(12)14/h5-8,11,17H,2-4H2,1H3. The molecule has 0 saturated carbocycles. The summed E-state index contributed by atoms with van der Waals surface area (Å²) in [5, 5.41) is 8.52. The van der Waals surface area contributed by atoms with Gasteiger partial charge in [0.05, 0.1) is 29.1 Å². The van der Waals surface area contributed by atoms with E-state index in [1.165, 1.54) is 17.7 Å². The second kappa shape index (κ2) is 4.61. The quantitative estimate of drug-likeness (QED) is 0.905. The number of aromatic nitrogens is 3. The zero-order chi connectivity index (χ0) is 12.5. The van der Waals surface area contributed by atoms with Crippen molar-refractivity contribution < 1.29 is 0 Å². The van der Waals surface area contributed by atoms with Crippen LogP contribution in [-0.2, 0) is 13.5 Å². The van der Waals surface area contributed by atoms with E-state index < -0.39 is 0 Å². The number of rotatable bonds is 2. The first-order chi connectivity index (χ1) is 8.75. The molecule has 18 heavy (non-hydrogen) atoms. The van der Waals surface area contributed by atoms with Crippen LogP contribution >= 0.6 is 11.6 Å². The number of hydrogen-bond acceptors (Lipinski definition) is 3. The van der Waals surface area contributed by atoms with Gasteiger partial charge in [-0.3, -0.25) is 9.67 Å². The van der Waals surface area contributed by atoms with E-state index in [0.29, 0.717) is 5.02 Å². The van der Waals surface area contributed by atoms with E-state index >= 15 is 0 Å². The maximum absolute atomic E-state index is 6.15. The first-order valence-corrected chi connectivity index (χ1v) is 6.50. The van der Waals surface area contributed by atoms with Crippen molar-refractivity contribution in [3.63, 3.8) is 0 Å². The fourth-order valence-electron chi connectivity index (χ4n) is 2.53. The molecule has 0 aliphatic heterocycles. The number of pyridine rings is 1. The number of nitrogens with one attached hydrogen (secondary N) is 1. The summed E-state index contributed by atoms with van der Waals surface area (Å²) in [6.45, 7) is 0. The molecule has 3 rings (SSSR count). The van der Waals surface area contributed by atoms with Crippen LogP contribution in [0.5, 0.6) is 0 Å². The summed E-state index contributed by atoms with van der Waals surface area (Å²) >= 11 is 6.15. The highest BCUT2D eigenvalue weighted by Gasteiger charge is 2.23. The minimum absolute atomic E-state index is 0.282. The normalized spacial score (nSPS) is 18.4. The molecule has 2 aromatic rings. The van der Waals surface area contributed by atoms with Gasteiger partial charge in [0, 0.05) is 24.5 Å². The smallest absolute Gasteiger partial charge is 0.0720 e. The van der Waals surface area contributed by atoms with E-state index in [4.69, 9.17) is 11.6 Å². The van der Waals surface area contributed by atoms with E-state index in [9.17, 15) is 0 Å². The number of anilines is 1. The van der Waals surface area contributed by atoms with Gasteiger partial charge in [0.2, 0.25) is 0 Å². The summed E-state index contributed by atoms with van der Waals surface area (Å²) in [4.78, 5) is 4.10. The number of nitrogens with zero attached hydrogens (tertiary/aromatic N) is 3. The minimum Gasteiger partial charge on any atom is -0.376 e. The van der Waals surface area contributed by atoms with Crippen molar-refractivity contribution in [2.75, 3.05) is 5.32 Å². The molecule has 0 radical (unpaired) electrons. The maximum atomic E-state index is 6.15. The molecule has 0 amide bonds. The Labute approximate surface area is 111 Å². The largest absolute Gasteiger partial charge is 0.376 e. The summed E-state index contributed by atoms with van der Waals surface area (Å²) in [5.74, 6) is 0. The Morgan fingerprint density at radius 2 is 2.33 bits per heavy atom. The molecule has 2 heterocycles. The lowest BCUT2D eigenvalue weighted by Crippen LogP contribution is -2.18. The Kier molecular flexibility index (Phi) is 2.96. The summed E-state index contributed by atoms with van der Waals surface area (Å²) in [7, 11) is 2.00. The van der Waals surface area contributed by atoms with Crippen molar-refractivity contribution in [3.8, 4) is 0 Å². The van der Waals surface area contributed by atoms with Gasteiger partial charge in [0.15, 0.2) is 0 Å². The molecule has 5 heteroatoms. The molecule has 1 N–H and O–H groups in total. The van der Waals surface area contributed by atoms with E-state index in [2.05, 4.69) is 15.4 Å². The van der Waals surface area contributed by atoms with Crippen molar-refractivity contribution in [1.29, 1.82) is 0 Å². The van der Waals surface area contributed by atoms with Crippen molar-refractivity contribution in [2.45, 2.75) is 25.3 Å². The molecule has 4 nitrogen and oxygen atoms in total. The van der Waals surface area contributed by atoms with Crippen LogP contribution < -0.4 is 5.32 Å². The van der Waals surface area contributed by atoms with Gasteiger partial charge < -0.3 is 5.32 Å². The molecule has 2 aromatic heterocycles. The molecule has 94 valence electrons. The third-order valence-electron chi connectivity index (χ3n) is 3.47. The van der Waals surface area contributed by atoms with E-state index in [1.807, 2.05) is 17.9 Å². The molecule has 0 fully saturated rings. The van der Waals surface area contributed by atoms with Crippen LogP contribution in [0.2, 0.25) is 5.02 Å². The number of hydrogen-bond donors (Lipinski definition) is 1. The van der Waals surface area contributed by atoms with Gasteiger partial charge in [-0.05, 0) is 25.3 Å². The Balaban J connectivity index is 1.89. The highest BCUT2D eigenvalue weighted by atomic mass is 35.5. The molecule has 1 unspecified atom stereocenters. The Bertz CT molecular complexity index is 564. The van der Waals surface area contributed by atoms with E-state index in [-0.39, 0.29) is 6.04 Å². The number of aryl methyl sites for hydroxylation is 1. The van der Waals surface area contributed by atoms with Gasteiger partial charge in [-0.15, -0.1) is 0 Å². The van der Waals surface area contributed by atoms with Gasteiger partial charge in [0.1, 0.15) is 0 Å². The molecule has 0 aromatic carbocycles. The van der Waals surface area contributed by atoms with Gasteiger partial charge in [0.25, 0.3) is 0 Å². The first-order valence-electron chi connectivity index (χ1n) is 6.12. The second-order valence-corrected chi connectivity index (χ2v) is 5.02. The molecule has 1 aliphatic carbocycles. The zero-order valence-electron chi connectivity index (χ0n) is 10.2. The molecular formula is C13H15ClN4. The van der Waals surface area contributed by atoms with Crippen LogP contribution in [0.15, 0.2) is 24.7 Å². The summed E-state index contributed by atoms with van der Waals surface area (Å²) in [5.41, 5.74) is 3.49. The van der Waals surface area contributed by atoms with Crippen molar-refractivity contribution >= 4 is 17.3 Å². The predicted molar refractivity (Wildman–Crippen MR) is 71.8 cm³/mol. The summed E-state index contributed by atoms with van der Waals surface area (Å²) in [6, 6.07) is 2.08. The van der Waals surface area contributed by atoms with Crippen LogP contribution in [0.25, 0.3) is 0 Å². The third kappa shape index (κ3) is 1.97. The minimum atomic E-state index is 0.282. The lowest BCUT2D eigenvalue weighted by atomic mass is 9.93. The summed E-state index contributed by atoms with van der Waals surface area (Å²) in [6.07, 6.45) is 8.80. The molecular weight excluding hydrogens is 248 g/mol. The highest BCUT2D eigenvalue weighted by Crippen LogP contribution is 2.33. The highest BCUT2D eigenvalue weighted by molar-refractivity contribution is 6.33. The fourth-order valence-corrected chi connectivity index (χ4v) is 2.69. The maximum Gasteiger partial charge on any atom is 0.0720 e. The number of halogens is 1. The summed E-state index contributed by atoms with van der Waals surface area (Å²) < 4.78 is 1.97. The van der Waals surface area contributed by atoms with Crippen molar-refractivity contribution in [2.24, 2.45) is 7.05 Å². The first kappa shape index (κ1) is 11.5. The Morgan fingerprint density at radius 3 is 3.17 bits per heavy atom. The van der Waals surface area contributed by atoms with E-state index in [0.717, 1.165) is 18.5 Å². The third-order valence-corrected chi connectivity index (χ3v) is 3.80. The van der Waals surface area contributed by atoms with Crippen molar-refractivity contribution in [1.82, 2.24) is 14.8 Å². The van der Waals surface area contributed by atoms with Gasteiger partial charge >= 0.3 is 0 Å². The van der Waals surface area contributed by atoms with Crippen LogP contribution in [0, 0.1) is 0 Å². The lowest BCUT2D eigenvalue weighted by molar-refractivity contribution is 0.571. The van der Waals surface area contributed by atoms with Gasteiger partial charge in [-0.2, -0.15) is 5.10 Å². The number of fused-ring (bicyclic) bond motifs is 1. The van der Waals surface area contributed by atoms with Crippen LogP contribution in [-0.4, -0.2) is 14.8 Å². The lowest BCUT2D eigenvalue weighted by Gasteiger charge is -2.25. The monoisotopic (exact) mass is 262 g/mol. The molecule has 0 spiro atoms. The van der Waals surface area contributed by atoms with Gasteiger partial charge in [-0.25, -0.2) is 0 Å². The Morgan fingerprint density at radius 1 is 1.44 bits per heavy atom. The topological polar surface area (TPSA) is 42.7 Å². The SMILES string of the molecule is Cn1ncc2c1CCCC2Nc1cnccc1Cl. The Hall–Kier alpha value is -1.55. The van der Waals surface area contributed by atoms with Crippen LogP contribution in [0.3, 0.4) is 0 Å². The molecule has 0 bridgehead atoms. The predicted octanol–water partition coefficient (Wildman–Crippen LogP) is 2.96. The van der Waals surface area contributed by atoms with Gasteiger partial charge in [-0.1, -0.05) is 11.6 Å². The molecule has 0 saturated heterocycles. The van der Waals surface area contributed by atoms with Crippen LogP contribution in [0.4, 0.5) is 5.69 Å². The fraction of sp³-hybridized carbons (Fsp3) is 0.385. The molecule has 1 aliphatic rings. The zero-order valence-corrected chi connectivity index (χ0v) is 11.0. The average Bonchev–Trinajstić information content (AvgIpc) is 2.76. The van der Waals surface area contributed by atoms with E-state index in [1.54, 1.807) is 18.5 Å². The second-order valence-electron chi connectivity index (χ2n) is 4.61.